The lowest BCUT2D eigenvalue weighted by molar-refractivity contribution is -0.126. The normalized spacial score (nSPS) is 11.4. The lowest BCUT2D eigenvalue weighted by Gasteiger charge is -2.09. The van der Waals surface area contributed by atoms with Gasteiger partial charge >= 0.3 is 6.18 Å². The third-order valence-electron chi connectivity index (χ3n) is 2.59. The molecule has 0 atom stereocenters. The summed E-state index contributed by atoms with van der Waals surface area (Å²) in [7, 11) is 0. The minimum atomic E-state index is -4.33. The van der Waals surface area contributed by atoms with Crippen LogP contribution in [0.4, 0.5) is 18.9 Å². The van der Waals surface area contributed by atoms with E-state index in [1.54, 1.807) is 36.5 Å². The van der Waals surface area contributed by atoms with Crippen molar-refractivity contribution >= 4 is 11.6 Å². The Morgan fingerprint density at radius 3 is 2.48 bits per heavy atom. The van der Waals surface area contributed by atoms with E-state index in [1.165, 1.54) is 0 Å². The molecule has 112 valence electrons. The zero-order valence-electron chi connectivity index (χ0n) is 10.9. The third-order valence-corrected chi connectivity index (χ3v) is 2.59. The average Bonchev–Trinajstić information content (AvgIpc) is 2.92. The Labute approximate surface area is 118 Å². The number of anilines is 1. The SMILES string of the molecule is O=C(CNCC(F)(F)F)Nc1ccc(-c2ccn[nH]2)cc1. The Bertz CT molecular complexity index is 578. The van der Waals surface area contributed by atoms with Gasteiger partial charge in [0, 0.05) is 11.9 Å². The summed E-state index contributed by atoms with van der Waals surface area (Å²) in [6.45, 7) is -1.60. The quantitative estimate of drug-likeness (QED) is 0.792. The van der Waals surface area contributed by atoms with Gasteiger partial charge in [-0.05, 0) is 23.8 Å². The first-order valence-corrected chi connectivity index (χ1v) is 6.11. The average molecular weight is 298 g/mol. The highest BCUT2D eigenvalue weighted by Gasteiger charge is 2.26. The highest BCUT2D eigenvalue weighted by molar-refractivity contribution is 5.92. The Hall–Kier alpha value is -2.35. The summed E-state index contributed by atoms with van der Waals surface area (Å²) in [6, 6.07) is 8.67. The second kappa shape index (κ2) is 6.40. The van der Waals surface area contributed by atoms with E-state index in [9.17, 15) is 18.0 Å². The summed E-state index contributed by atoms with van der Waals surface area (Å²) >= 11 is 0. The van der Waals surface area contributed by atoms with Gasteiger partial charge in [-0.15, -0.1) is 0 Å². The molecular weight excluding hydrogens is 285 g/mol. The lowest BCUT2D eigenvalue weighted by atomic mass is 10.1. The van der Waals surface area contributed by atoms with Crippen molar-refractivity contribution < 1.29 is 18.0 Å². The molecule has 3 N–H and O–H groups in total. The number of aromatic amines is 1. The molecule has 21 heavy (non-hydrogen) atoms. The van der Waals surface area contributed by atoms with Crippen LogP contribution in [0.25, 0.3) is 11.3 Å². The Kier molecular flexibility index (Phi) is 4.59. The van der Waals surface area contributed by atoms with Crippen LogP contribution in [0.3, 0.4) is 0 Å². The summed E-state index contributed by atoms with van der Waals surface area (Å²) in [5.41, 5.74) is 2.23. The molecule has 0 aliphatic rings. The number of nitrogens with one attached hydrogen (secondary N) is 3. The van der Waals surface area contributed by atoms with Gasteiger partial charge < -0.3 is 10.6 Å². The monoisotopic (exact) mass is 298 g/mol. The zero-order valence-corrected chi connectivity index (χ0v) is 10.9. The summed E-state index contributed by atoms with van der Waals surface area (Å²) in [4.78, 5) is 11.5. The number of rotatable bonds is 5. The molecule has 0 aliphatic carbocycles. The molecule has 1 aromatic heterocycles. The number of aromatic nitrogens is 2. The van der Waals surface area contributed by atoms with Crippen molar-refractivity contribution in [1.82, 2.24) is 15.5 Å². The molecule has 8 heteroatoms. The number of amides is 1. The van der Waals surface area contributed by atoms with E-state index in [-0.39, 0.29) is 0 Å². The van der Waals surface area contributed by atoms with Crippen LogP contribution in [0.2, 0.25) is 0 Å². The minimum Gasteiger partial charge on any atom is -0.325 e. The summed E-state index contributed by atoms with van der Waals surface area (Å²) in [5.74, 6) is -0.534. The van der Waals surface area contributed by atoms with Gasteiger partial charge in [-0.3, -0.25) is 9.89 Å². The molecular formula is C13H13F3N4O. The highest BCUT2D eigenvalue weighted by Crippen LogP contribution is 2.18. The van der Waals surface area contributed by atoms with Crippen LogP contribution in [0.15, 0.2) is 36.5 Å². The van der Waals surface area contributed by atoms with E-state index in [0.29, 0.717) is 5.69 Å². The number of hydrogen-bond acceptors (Lipinski definition) is 3. The maximum atomic E-state index is 11.9. The largest absolute Gasteiger partial charge is 0.401 e. The smallest absolute Gasteiger partial charge is 0.325 e. The van der Waals surface area contributed by atoms with Gasteiger partial charge in [0.05, 0.1) is 18.8 Å². The summed E-state index contributed by atoms with van der Waals surface area (Å²) in [5, 5.41) is 11.2. The number of nitrogens with zero attached hydrogens (tertiary/aromatic N) is 1. The van der Waals surface area contributed by atoms with E-state index in [0.717, 1.165) is 11.3 Å². The van der Waals surface area contributed by atoms with E-state index >= 15 is 0 Å². The van der Waals surface area contributed by atoms with E-state index in [1.807, 2.05) is 5.32 Å². The van der Waals surface area contributed by atoms with E-state index in [4.69, 9.17) is 0 Å². The van der Waals surface area contributed by atoms with Crippen molar-refractivity contribution in [3.8, 4) is 11.3 Å². The van der Waals surface area contributed by atoms with Crippen molar-refractivity contribution in [3.63, 3.8) is 0 Å². The van der Waals surface area contributed by atoms with Crippen molar-refractivity contribution in [2.45, 2.75) is 6.18 Å². The second-order valence-electron chi connectivity index (χ2n) is 4.31. The molecule has 0 unspecified atom stereocenters. The van der Waals surface area contributed by atoms with Gasteiger partial charge in [0.1, 0.15) is 0 Å². The number of halogens is 3. The van der Waals surface area contributed by atoms with Crippen molar-refractivity contribution in [2.24, 2.45) is 0 Å². The maximum Gasteiger partial charge on any atom is 0.401 e. The number of hydrogen-bond donors (Lipinski definition) is 3. The number of carbonyl (C=O) groups excluding carboxylic acids is 1. The molecule has 0 spiro atoms. The number of carbonyl (C=O) groups is 1. The molecule has 1 amide bonds. The number of benzene rings is 1. The first kappa shape index (κ1) is 15.0. The van der Waals surface area contributed by atoms with Crippen LogP contribution < -0.4 is 10.6 Å². The van der Waals surface area contributed by atoms with Crippen LogP contribution in [0, 0.1) is 0 Å². The van der Waals surface area contributed by atoms with E-state index in [2.05, 4.69) is 15.5 Å². The van der Waals surface area contributed by atoms with Crippen LogP contribution in [0.1, 0.15) is 0 Å². The molecule has 1 heterocycles. The van der Waals surface area contributed by atoms with Crippen molar-refractivity contribution in [3.05, 3.63) is 36.5 Å². The Balaban J connectivity index is 1.84. The molecule has 2 rings (SSSR count). The summed E-state index contributed by atoms with van der Waals surface area (Å²) in [6.07, 6.45) is -2.71. The first-order valence-electron chi connectivity index (χ1n) is 6.11. The van der Waals surface area contributed by atoms with Gasteiger partial charge in [0.25, 0.3) is 0 Å². The minimum absolute atomic E-state index is 0.401. The van der Waals surface area contributed by atoms with Crippen molar-refractivity contribution in [1.29, 1.82) is 0 Å². The highest BCUT2D eigenvalue weighted by atomic mass is 19.4. The Morgan fingerprint density at radius 1 is 1.19 bits per heavy atom. The molecule has 5 nitrogen and oxygen atoms in total. The van der Waals surface area contributed by atoms with Gasteiger partial charge in [-0.2, -0.15) is 18.3 Å². The first-order chi connectivity index (χ1) is 9.94. The summed E-state index contributed by atoms with van der Waals surface area (Å²) < 4.78 is 35.7. The zero-order chi connectivity index (χ0) is 15.3. The second-order valence-corrected chi connectivity index (χ2v) is 4.31. The predicted molar refractivity (Wildman–Crippen MR) is 71.6 cm³/mol. The van der Waals surface area contributed by atoms with Crippen LogP contribution in [0.5, 0.6) is 0 Å². The molecule has 0 fully saturated rings. The fourth-order valence-electron chi connectivity index (χ4n) is 1.67. The molecule has 2 aromatic rings. The predicted octanol–water partition coefficient (Wildman–Crippen LogP) is 2.17. The van der Waals surface area contributed by atoms with Crippen LogP contribution in [-0.4, -0.2) is 35.4 Å². The molecule has 0 radical (unpaired) electrons. The Morgan fingerprint density at radius 2 is 1.90 bits per heavy atom. The lowest BCUT2D eigenvalue weighted by Crippen LogP contribution is -2.35. The van der Waals surface area contributed by atoms with Gasteiger partial charge in [-0.25, -0.2) is 0 Å². The number of alkyl halides is 3. The van der Waals surface area contributed by atoms with Crippen molar-refractivity contribution in [2.75, 3.05) is 18.4 Å². The van der Waals surface area contributed by atoms with Gasteiger partial charge in [0.15, 0.2) is 0 Å². The molecule has 0 saturated carbocycles. The van der Waals surface area contributed by atoms with Crippen LogP contribution in [-0.2, 0) is 4.79 Å². The third kappa shape index (κ3) is 4.92. The fraction of sp³-hybridized carbons (Fsp3) is 0.231. The van der Waals surface area contributed by atoms with E-state index < -0.39 is 25.2 Å². The standard InChI is InChI=1S/C13H13F3N4O/c14-13(15,16)8-17-7-12(21)19-10-3-1-9(2-4-10)11-5-6-18-20-11/h1-6,17H,7-8H2,(H,18,20)(H,19,21). The van der Waals surface area contributed by atoms with Gasteiger partial charge in [-0.1, -0.05) is 12.1 Å². The number of H-pyrrole nitrogens is 1. The molecule has 0 saturated heterocycles. The van der Waals surface area contributed by atoms with Crippen LogP contribution >= 0.6 is 0 Å². The maximum absolute atomic E-state index is 11.9. The molecule has 0 aliphatic heterocycles. The fourth-order valence-corrected chi connectivity index (χ4v) is 1.67. The molecule has 1 aromatic carbocycles. The molecule has 0 bridgehead atoms. The van der Waals surface area contributed by atoms with Gasteiger partial charge in [0.2, 0.25) is 5.91 Å². The topological polar surface area (TPSA) is 69.8 Å².